The second kappa shape index (κ2) is 5.47. The monoisotopic (exact) mass is 243 g/mol. The fraction of sp³-hybridized carbons (Fsp3) is 0.182. The summed E-state index contributed by atoms with van der Waals surface area (Å²) < 4.78 is 26.1. The van der Waals surface area contributed by atoms with Crippen molar-refractivity contribution >= 4 is 17.5 Å². The van der Waals surface area contributed by atoms with E-state index in [0.717, 1.165) is 6.07 Å². The molecule has 0 saturated carbocycles. The van der Waals surface area contributed by atoms with Crippen molar-refractivity contribution in [2.75, 3.05) is 6.54 Å². The summed E-state index contributed by atoms with van der Waals surface area (Å²) in [6, 6.07) is 2.23. The van der Waals surface area contributed by atoms with Crippen LogP contribution in [0.25, 0.3) is 0 Å². The zero-order chi connectivity index (χ0) is 12.1. The topological polar surface area (TPSA) is 29.1 Å². The maximum atomic E-state index is 13.3. The van der Waals surface area contributed by atoms with Gasteiger partial charge in [0.2, 0.25) is 5.91 Å². The molecule has 0 aliphatic heterocycles. The molecule has 0 aliphatic rings. The van der Waals surface area contributed by atoms with Crippen LogP contribution in [0.2, 0.25) is 5.02 Å². The first-order valence-corrected chi connectivity index (χ1v) is 4.77. The van der Waals surface area contributed by atoms with Crippen molar-refractivity contribution in [2.45, 2.75) is 6.92 Å². The summed E-state index contributed by atoms with van der Waals surface area (Å²) in [5.41, 5.74) is -0.00301. The average Bonchev–Trinajstić information content (AvgIpc) is 2.23. The summed E-state index contributed by atoms with van der Waals surface area (Å²) in [6.07, 6.45) is 0. The molecule has 1 aromatic rings. The molecule has 2 nitrogen and oxygen atoms in total. The van der Waals surface area contributed by atoms with Gasteiger partial charge in [-0.3, -0.25) is 4.79 Å². The summed E-state index contributed by atoms with van der Waals surface area (Å²) in [7, 11) is 0. The molecule has 84 valence electrons. The number of nitrogens with one attached hydrogen (secondary N) is 1. The first-order valence-electron chi connectivity index (χ1n) is 4.39. The third-order valence-electron chi connectivity index (χ3n) is 1.68. The van der Waals surface area contributed by atoms with Crippen LogP contribution in [0.5, 0.6) is 0 Å². The normalized spacial score (nSPS) is 9.25. The number of carbonyl (C=O) groups excluding carboxylic acids is 1. The van der Waals surface area contributed by atoms with Gasteiger partial charge < -0.3 is 5.32 Å². The summed E-state index contributed by atoms with van der Waals surface area (Å²) in [5.74, 6) is 3.01. The molecule has 0 aromatic heterocycles. The molecule has 0 heterocycles. The van der Waals surface area contributed by atoms with E-state index in [1.54, 1.807) is 0 Å². The highest BCUT2D eigenvalue weighted by Gasteiger charge is 2.09. The molecule has 0 aliphatic carbocycles. The van der Waals surface area contributed by atoms with Crippen molar-refractivity contribution in [2.24, 2.45) is 0 Å². The lowest BCUT2D eigenvalue weighted by atomic mass is 10.2. The Balaban J connectivity index is 2.82. The summed E-state index contributed by atoms with van der Waals surface area (Å²) in [4.78, 5) is 10.5. The van der Waals surface area contributed by atoms with Crippen molar-refractivity contribution in [3.05, 3.63) is 34.4 Å². The Morgan fingerprint density at radius 1 is 1.50 bits per heavy atom. The molecule has 5 heteroatoms. The van der Waals surface area contributed by atoms with E-state index in [1.165, 1.54) is 13.0 Å². The van der Waals surface area contributed by atoms with Gasteiger partial charge in [0.25, 0.3) is 0 Å². The number of rotatable bonds is 1. The Kier molecular flexibility index (Phi) is 4.27. The smallest absolute Gasteiger partial charge is 0.217 e. The third-order valence-corrected chi connectivity index (χ3v) is 2.03. The van der Waals surface area contributed by atoms with E-state index >= 15 is 0 Å². The van der Waals surface area contributed by atoms with Gasteiger partial charge in [0.15, 0.2) is 5.82 Å². The van der Waals surface area contributed by atoms with Crippen molar-refractivity contribution in [3.8, 4) is 11.8 Å². The van der Waals surface area contributed by atoms with E-state index in [-0.39, 0.29) is 18.0 Å². The minimum atomic E-state index is -0.892. The maximum absolute atomic E-state index is 13.3. The van der Waals surface area contributed by atoms with Gasteiger partial charge >= 0.3 is 0 Å². The fourth-order valence-corrected chi connectivity index (χ4v) is 1.10. The quantitative estimate of drug-likeness (QED) is 0.594. The Labute approximate surface area is 96.6 Å². The molecule has 0 fully saturated rings. The molecule has 1 rings (SSSR count). The number of benzene rings is 1. The van der Waals surface area contributed by atoms with Gasteiger partial charge in [-0.25, -0.2) is 8.78 Å². The van der Waals surface area contributed by atoms with Gasteiger partial charge in [-0.2, -0.15) is 0 Å². The molecule has 1 N–H and O–H groups in total. The number of amides is 1. The molecule has 16 heavy (non-hydrogen) atoms. The predicted octanol–water partition coefficient (Wildman–Crippen LogP) is 2.11. The third kappa shape index (κ3) is 3.21. The molecular formula is C11H8ClF2NO. The molecule has 1 aromatic carbocycles. The second-order valence-electron chi connectivity index (χ2n) is 2.93. The van der Waals surface area contributed by atoms with E-state index in [2.05, 4.69) is 17.2 Å². The molecule has 0 radical (unpaired) electrons. The number of carbonyl (C=O) groups is 1. The molecule has 0 unspecified atom stereocenters. The minimum Gasteiger partial charge on any atom is -0.345 e. The highest BCUT2D eigenvalue weighted by molar-refractivity contribution is 6.31. The Hall–Kier alpha value is -1.60. The van der Waals surface area contributed by atoms with Crippen molar-refractivity contribution in [1.29, 1.82) is 0 Å². The van der Waals surface area contributed by atoms with Gasteiger partial charge in [0, 0.05) is 6.92 Å². The molecule has 0 bridgehead atoms. The van der Waals surface area contributed by atoms with Crippen molar-refractivity contribution in [3.63, 3.8) is 0 Å². The molecular weight excluding hydrogens is 236 g/mol. The largest absolute Gasteiger partial charge is 0.345 e. The van der Waals surface area contributed by atoms with E-state index in [0.29, 0.717) is 0 Å². The first kappa shape index (κ1) is 12.5. The maximum Gasteiger partial charge on any atom is 0.217 e. The van der Waals surface area contributed by atoms with Crippen LogP contribution in [0, 0.1) is 23.5 Å². The Bertz CT molecular complexity index is 477. The number of hydrogen-bond donors (Lipinski definition) is 1. The number of hydrogen-bond acceptors (Lipinski definition) is 1. The zero-order valence-corrected chi connectivity index (χ0v) is 9.16. The van der Waals surface area contributed by atoms with Gasteiger partial charge in [-0.1, -0.05) is 23.4 Å². The van der Waals surface area contributed by atoms with Gasteiger partial charge in [0.05, 0.1) is 12.1 Å². The Morgan fingerprint density at radius 3 is 2.81 bits per heavy atom. The lowest BCUT2D eigenvalue weighted by Gasteiger charge is -1.98. The summed E-state index contributed by atoms with van der Waals surface area (Å²) in [5, 5.41) is 1.84. The average molecular weight is 244 g/mol. The number of halogens is 3. The van der Waals surface area contributed by atoms with Gasteiger partial charge in [-0.05, 0) is 12.1 Å². The van der Waals surface area contributed by atoms with Crippen LogP contribution in [0.15, 0.2) is 12.1 Å². The van der Waals surface area contributed by atoms with Gasteiger partial charge in [0.1, 0.15) is 10.8 Å². The lowest BCUT2D eigenvalue weighted by molar-refractivity contribution is -0.118. The second-order valence-corrected chi connectivity index (χ2v) is 3.31. The summed E-state index contributed by atoms with van der Waals surface area (Å²) in [6.45, 7) is 1.45. The van der Waals surface area contributed by atoms with Crippen molar-refractivity contribution < 1.29 is 13.6 Å². The standard InChI is InChI=1S/C11H8ClF2NO/c1-7(16)15-6-2-3-8-4-5-9(13)10(12)11(8)14/h4-5H,6H2,1H3,(H,15,16). The zero-order valence-electron chi connectivity index (χ0n) is 8.40. The lowest BCUT2D eigenvalue weighted by Crippen LogP contribution is -2.19. The highest BCUT2D eigenvalue weighted by atomic mass is 35.5. The van der Waals surface area contributed by atoms with Crippen LogP contribution >= 0.6 is 11.6 Å². The van der Waals surface area contributed by atoms with Crippen LogP contribution in [-0.4, -0.2) is 12.5 Å². The SMILES string of the molecule is CC(=O)NCC#Cc1ccc(F)c(Cl)c1F. The van der Waals surface area contributed by atoms with Crippen LogP contribution in [0.4, 0.5) is 8.78 Å². The molecule has 0 spiro atoms. The van der Waals surface area contributed by atoms with Crippen LogP contribution < -0.4 is 5.32 Å². The van der Waals surface area contributed by atoms with Crippen LogP contribution in [0.1, 0.15) is 12.5 Å². The van der Waals surface area contributed by atoms with E-state index in [4.69, 9.17) is 11.6 Å². The highest BCUT2D eigenvalue weighted by Crippen LogP contribution is 2.20. The predicted molar refractivity (Wildman–Crippen MR) is 56.9 cm³/mol. The minimum absolute atomic E-state index is 0.00301. The van der Waals surface area contributed by atoms with E-state index in [9.17, 15) is 13.6 Å². The first-order chi connectivity index (χ1) is 7.52. The van der Waals surface area contributed by atoms with Gasteiger partial charge in [-0.15, -0.1) is 0 Å². The van der Waals surface area contributed by atoms with E-state index in [1.807, 2.05) is 0 Å². The molecule has 0 saturated heterocycles. The van der Waals surface area contributed by atoms with Crippen LogP contribution in [-0.2, 0) is 4.79 Å². The summed E-state index contributed by atoms with van der Waals surface area (Å²) >= 11 is 5.36. The Morgan fingerprint density at radius 2 is 2.19 bits per heavy atom. The fourth-order valence-electron chi connectivity index (χ4n) is 0.931. The molecule has 1 amide bonds. The van der Waals surface area contributed by atoms with E-state index < -0.39 is 16.7 Å². The van der Waals surface area contributed by atoms with Crippen LogP contribution in [0.3, 0.4) is 0 Å². The van der Waals surface area contributed by atoms with Crippen molar-refractivity contribution in [1.82, 2.24) is 5.32 Å². The molecule has 0 atom stereocenters.